The summed E-state index contributed by atoms with van der Waals surface area (Å²) in [5, 5.41) is 1.27. The van der Waals surface area contributed by atoms with Gasteiger partial charge in [-0.05, 0) is 30.3 Å². The fourth-order valence-corrected chi connectivity index (χ4v) is 2.49. The SMILES string of the molecule is COc1ccc2oc(=O)cc(Oc3c(Cl)cccc3Cl)c2c1. The van der Waals surface area contributed by atoms with E-state index in [1.165, 1.54) is 6.07 Å². The maximum atomic E-state index is 11.7. The molecule has 0 aliphatic rings. The Bertz CT molecular complexity index is 882. The Morgan fingerprint density at radius 2 is 1.77 bits per heavy atom. The molecule has 0 bridgehead atoms. The lowest BCUT2D eigenvalue weighted by Gasteiger charge is -2.11. The van der Waals surface area contributed by atoms with Crippen molar-refractivity contribution in [2.75, 3.05) is 7.11 Å². The highest BCUT2D eigenvalue weighted by atomic mass is 35.5. The second-order valence-corrected chi connectivity index (χ2v) is 5.26. The average Bonchev–Trinajstić information content (AvgIpc) is 2.50. The van der Waals surface area contributed by atoms with Crippen LogP contribution in [-0.2, 0) is 0 Å². The monoisotopic (exact) mass is 336 g/mol. The van der Waals surface area contributed by atoms with E-state index < -0.39 is 5.63 Å². The Balaban J connectivity index is 2.19. The molecule has 2 aromatic carbocycles. The molecule has 3 aromatic rings. The lowest BCUT2D eigenvalue weighted by Crippen LogP contribution is -1.99. The van der Waals surface area contributed by atoms with E-state index in [4.69, 9.17) is 37.1 Å². The summed E-state index contributed by atoms with van der Waals surface area (Å²) in [5.41, 5.74) is -0.151. The minimum absolute atomic E-state index is 0.278. The van der Waals surface area contributed by atoms with Gasteiger partial charge >= 0.3 is 5.63 Å². The van der Waals surface area contributed by atoms with Gasteiger partial charge in [-0.25, -0.2) is 4.79 Å². The van der Waals surface area contributed by atoms with Crippen molar-refractivity contribution in [3.05, 3.63) is 62.9 Å². The second kappa shape index (κ2) is 5.91. The van der Waals surface area contributed by atoms with Crippen LogP contribution in [0.5, 0.6) is 17.2 Å². The number of ether oxygens (including phenoxy) is 2. The Hall–Kier alpha value is -2.17. The number of halogens is 2. The molecule has 0 fully saturated rings. The van der Waals surface area contributed by atoms with Gasteiger partial charge in [0.2, 0.25) is 0 Å². The minimum Gasteiger partial charge on any atom is -0.497 e. The molecule has 1 aromatic heterocycles. The zero-order chi connectivity index (χ0) is 15.7. The van der Waals surface area contributed by atoms with Crippen LogP contribution in [0, 0.1) is 0 Å². The summed E-state index contributed by atoms with van der Waals surface area (Å²) < 4.78 is 16.1. The zero-order valence-corrected chi connectivity index (χ0v) is 12.9. The molecule has 1 heterocycles. The number of rotatable bonds is 3. The van der Waals surface area contributed by atoms with Gasteiger partial charge in [0.25, 0.3) is 0 Å². The van der Waals surface area contributed by atoms with Crippen LogP contribution >= 0.6 is 23.2 Å². The molecule has 112 valence electrons. The summed E-state index contributed by atoms with van der Waals surface area (Å²) in [6.45, 7) is 0. The first-order valence-electron chi connectivity index (χ1n) is 6.32. The van der Waals surface area contributed by atoms with Gasteiger partial charge < -0.3 is 13.9 Å². The van der Waals surface area contributed by atoms with E-state index in [9.17, 15) is 4.79 Å². The fraction of sp³-hybridized carbons (Fsp3) is 0.0625. The Morgan fingerprint density at radius 3 is 2.45 bits per heavy atom. The lowest BCUT2D eigenvalue weighted by molar-refractivity contribution is 0.414. The van der Waals surface area contributed by atoms with Gasteiger partial charge in [-0.15, -0.1) is 0 Å². The second-order valence-electron chi connectivity index (χ2n) is 4.44. The third-order valence-electron chi connectivity index (χ3n) is 3.04. The van der Waals surface area contributed by atoms with Crippen molar-refractivity contribution in [3.63, 3.8) is 0 Å². The van der Waals surface area contributed by atoms with Crippen molar-refractivity contribution in [2.45, 2.75) is 0 Å². The van der Waals surface area contributed by atoms with E-state index in [1.54, 1.807) is 43.5 Å². The van der Waals surface area contributed by atoms with Crippen LogP contribution in [-0.4, -0.2) is 7.11 Å². The van der Waals surface area contributed by atoms with Gasteiger partial charge in [0.15, 0.2) is 5.75 Å². The summed E-state index contributed by atoms with van der Waals surface area (Å²) in [5.74, 6) is 1.18. The Kier molecular flexibility index (Phi) is 3.96. The van der Waals surface area contributed by atoms with E-state index in [-0.39, 0.29) is 5.75 Å². The standard InChI is InChI=1S/C16H10Cl2O4/c1-20-9-5-6-13-10(7-9)14(8-15(19)21-13)22-16-11(17)3-2-4-12(16)18/h2-8H,1H3. The highest BCUT2D eigenvalue weighted by Crippen LogP contribution is 2.38. The van der Waals surface area contributed by atoms with E-state index in [0.29, 0.717) is 32.5 Å². The summed E-state index contributed by atoms with van der Waals surface area (Å²) in [6, 6.07) is 11.3. The van der Waals surface area contributed by atoms with E-state index >= 15 is 0 Å². The molecular weight excluding hydrogens is 327 g/mol. The summed E-state index contributed by atoms with van der Waals surface area (Å²) in [7, 11) is 1.55. The third kappa shape index (κ3) is 2.75. The van der Waals surface area contributed by atoms with Crippen LogP contribution in [0.3, 0.4) is 0 Å². The predicted molar refractivity (Wildman–Crippen MR) is 85.6 cm³/mol. The molecule has 0 aliphatic heterocycles. The minimum atomic E-state index is -0.532. The first-order valence-corrected chi connectivity index (χ1v) is 7.08. The molecule has 0 N–H and O–H groups in total. The molecule has 0 radical (unpaired) electrons. The topological polar surface area (TPSA) is 48.7 Å². The normalized spacial score (nSPS) is 10.7. The first-order chi connectivity index (χ1) is 10.6. The van der Waals surface area contributed by atoms with Crippen molar-refractivity contribution < 1.29 is 13.9 Å². The fourth-order valence-electron chi connectivity index (χ4n) is 2.01. The number of hydrogen-bond acceptors (Lipinski definition) is 4. The van der Waals surface area contributed by atoms with E-state index in [0.717, 1.165) is 0 Å². The third-order valence-corrected chi connectivity index (χ3v) is 3.64. The number of benzene rings is 2. The molecule has 0 unspecified atom stereocenters. The molecule has 6 heteroatoms. The highest BCUT2D eigenvalue weighted by molar-refractivity contribution is 6.37. The van der Waals surface area contributed by atoms with Crippen LogP contribution in [0.1, 0.15) is 0 Å². The van der Waals surface area contributed by atoms with Crippen LogP contribution < -0.4 is 15.1 Å². The molecule has 0 spiro atoms. The van der Waals surface area contributed by atoms with Crippen LogP contribution in [0.4, 0.5) is 0 Å². The van der Waals surface area contributed by atoms with Gasteiger partial charge in [-0.2, -0.15) is 0 Å². The molecular formula is C16H10Cl2O4. The maximum Gasteiger partial charge on any atom is 0.339 e. The molecule has 0 aliphatic carbocycles. The maximum absolute atomic E-state index is 11.7. The number of methoxy groups -OCH3 is 1. The zero-order valence-electron chi connectivity index (χ0n) is 11.4. The molecule has 0 amide bonds. The molecule has 3 rings (SSSR count). The Labute approximate surface area is 135 Å². The van der Waals surface area contributed by atoms with Crippen LogP contribution in [0.25, 0.3) is 11.0 Å². The Morgan fingerprint density at radius 1 is 1.05 bits per heavy atom. The molecule has 0 atom stereocenters. The largest absolute Gasteiger partial charge is 0.497 e. The van der Waals surface area contributed by atoms with Gasteiger partial charge in [0.05, 0.1) is 28.6 Å². The molecule has 0 saturated heterocycles. The summed E-state index contributed by atoms with van der Waals surface area (Å²) in [6.07, 6.45) is 0. The predicted octanol–water partition coefficient (Wildman–Crippen LogP) is 4.90. The molecule has 4 nitrogen and oxygen atoms in total. The summed E-state index contributed by atoms with van der Waals surface area (Å²) >= 11 is 12.2. The van der Waals surface area contributed by atoms with Gasteiger partial charge in [0, 0.05) is 0 Å². The van der Waals surface area contributed by atoms with Crippen molar-refractivity contribution in [2.24, 2.45) is 0 Å². The first kappa shape index (κ1) is 14.8. The van der Waals surface area contributed by atoms with Crippen molar-refractivity contribution in [3.8, 4) is 17.2 Å². The van der Waals surface area contributed by atoms with E-state index in [1.807, 2.05) is 0 Å². The quantitative estimate of drug-likeness (QED) is 0.638. The number of hydrogen-bond donors (Lipinski definition) is 0. The van der Waals surface area contributed by atoms with E-state index in [2.05, 4.69) is 0 Å². The van der Waals surface area contributed by atoms with Gasteiger partial charge in [-0.1, -0.05) is 29.3 Å². The van der Waals surface area contributed by atoms with Gasteiger partial charge in [0.1, 0.15) is 17.1 Å². The number of fused-ring (bicyclic) bond motifs is 1. The average molecular weight is 337 g/mol. The van der Waals surface area contributed by atoms with Crippen LogP contribution in [0.15, 0.2) is 51.7 Å². The molecule has 22 heavy (non-hydrogen) atoms. The van der Waals surface area contributed by atoms with Crippen LogP contribution in [0.2, 0.25) is 10.0 Å². The highest BCUT2D eigenvalue weighted by Gasteiger charge is 2.13. The number of para-hydroxylation sites is 1. The lowest BCUT2D eigenvalue weighted by atomic mass is 10.2. The van der Waals surface area contributed by atoms with Crippen molar-refractivity contribution in [1.82, 2.24) is 0 Å². The smallest absolute Gasteiger partial charge is 0.339 e. The van der Waals surface area contributed by atoms with Crippen molar-refractivity contribution in [1.29, 1.82) is 0 Å². The van der Waals surface area contributed by atoms with Gasteiger partial charge in [-0.3, -0.25) is 0 Å². The molecule has 0 saturated carbocycles. The summed E-state index contributed by atoms with van der Waals surface area (Å²) in [4.78, 5) is 11.7. The van der Waals surface area contributed by atoms with Crippen molar-refractivity contribution >= 4 is 34.2 Å².